The Bertz CT molecular complexity index is 1100. The molecule has 1 aliphatic carbocycles. The molecule has 33 heavy (non-hydrogen) atoms. The highest BCUT2D eigenvalue weighted by Gasteiger charge is 2.19. The van der Waals surface area contributed by atoms with Crippen molar-refractivity contribution in [1.82, 2.24) is 4.90 Å². The maximum Gasteiger partial charge on any atom is 0.411 e. The highest BCUT2D eigenvalue weighted by molar-refractivity contribution is 5.94. The number of hydrogen-bond donors (Lipinski definition) is 1. The van der Waals surface area contributed by atoms with E-state index in [-0.39, 0.29) is 6.09 Å². The van der Waals surface area contributed by atoms with E-state index in [1.807, 2.05) is 12.1 Å². The molecule has 0 radical (unpaired) electrons. The van der Waals surface area contributed by atoms with Crippen LogP contribution < -0.4 is 10.2 Å². The van der Waals surface area contributed by atoms with E-state index in [9.17, 15) is 4.79 Å². The summed E-state index contributed by atoms with van der Waals surface area (Å²) in [7, 11) is 0. The minimum absolute atomic E-state index is 0.338. The first-order valence-corrected chi connectivity index (χ1v) is 12.3. The summed E-state index contributed by atoms with van der Waals surface area (Å²) >= 11 is 0. The van der Waals surface area contributed by atoms with E-state index in [0.29, 0.717) is 6.61 Å². The van der Waals surface area contributed by atoms with Gasteiger partial charge in [0.2, 0.25) is 0 Å². The molecular weight excluding hydrogens is 410 g/mol. The molecule has 0 aromatic heterocycles. The number of carbonyl (C=O) groups is 1. The number of carbonyl (C=O) groups excluding carboxylic acids is 1. The predicted molar refractivity (Wildman–Crippen MR) is 135 cm³/mol. The van der Waals surface area contributed by atoms with Crippen molar-refractivity contribution in [3.8, 4) is 0 Å². The first kappa shape index (κ1) is 21.8. The van der Waals surface area contributed by atoms with Crippen LogP contribution in [0.1, 0.15) is 30.4 Å². The SMILES string of the molecule is O=C(Nc1cccc2c1CCCC2)OCCCN1CCN(c2cccc3ccccc23)CC1. The third-order valence-electron chi connectivity index (χ3n) is 6.96. The van der Waals surface area contributed by atoms with Crippen LogP contribution in [0, 0.1) is 0 Å². The summed E-state index contributed by atoms with van der Waals surface area (Å²) in [6.07, 6.45) is 5.08. The van der Waals surface area contributed by atoms with E-state index in [0.717, 1.165) is 57.7 Å². The second kappa shape index (κ2) is 10.3. The number of amides is 1. The molecule has 5 rings (SSSR count). The Morgan fingerprint density at radius 2 is 1.67 bits per heavy atom. The third kappa shape index (κ3) is 5.14. The number of nitrogens with one attached hydrogen (secondary N) is 1. The van der Waals surface area contributed by atoms with E-state index in [1.165, 1.54) is 40.4 Å². The number of piperazine rings is 1. The number of nitrogens with zero attached hydrogens (tertiary/aromatic N) is 2. The largest absolute Gasteiger partial charge is 0.449 e. The zero-order valence-corrected chi connectivity index (χ0v) is 19.3. The zero-order chi connectivity index (χ0) is 22.5. The van der Waals surface area contributed by atoms with Crippen molar-refractivity contribution in [3.05, 3.63) is 71.8 Å². The van der Waals surface area contributed by atoms with Gasteiger partial charge in [-0.15, -0.1) is 0 Å². The van der Waals surface area contributed by atoms with Crippen molar-refractivity contribution in [2.75, 3.05) is 49.5 Å². The number of hydrogen-bond acceptors (Lipinski definition) is 4. The first-order valence-electron chi connectivity index (χ1n) is 12.3. The molecule has 1 aliphatic heterocycles. The van der Waals surface area contributed by atoms with Crippen LogP contribution in [-0.2, 0) is 17.6 Å². The fraction of sp³-hybridized carbons (Fsp3) is 0.393. The molecule has 0 atom stereocenters. The van der Waals surface area contributed by atoms with Crippen molar-refractivity contribution >= 4 is 28.2 Å². The van der Waals surface area contributed by atoms with Crippen LogP contribution in [0.3, 0.4) is 0 Å². The van der Waals surface area contributed by atoms with Gasteiger partial charge < -0.3 is 9.64 Å². The zero-order valence-electron chi connectivity index (χ0n) is 19.3. The lowest BCUT2D eigenvalue weighted by Crippen LogP contribution is -2.46. The van der Waals surface area contributed by atoms with Gasteiger partial charge in [-0.2, -0.15) is 0 Å². The van der Waals surface area contributed by atoms with Crippen LogP contribution in [0.4, 0.5) is 16.2 Å². The average Bonchev–Trinajstić information content (AvgIpc) is 2.87. The Hall–Kier alpha value is -3.05. The molecule has 2 aliphatic rings. The molecular formula is C28H33N3O2. The summed E-state index contributed by atoms with van der Waals surface area (Å²) in [6.45, 7) is 5.52. The average molecular weight is 444 g/mol. The van der Waals surface area contributed by atoms with Gasteiger partial charge >= 0.3 is 6.09 Å². The van der Waals surface area contributed by atoms with Crippen molar-refractivity contribution < 1.29 is 9.53 Å². The molecule has 0 unspecified atom stereocenters. The van der Waals surface area contributed by atoms with E-state index in [4.69, 9.17) is 4.74 Å². The Morgan fingerprint density at radius 1 is 0.879 bits per heavy atom. The van der Waals surface area contributed by atoms with Gasteiger partial charge in [0.05, 0.1) is 6.61 Å². The van der Waals surface area contributed by atoms with Crippen molar-refractivity contribution in [3.63, 3.8) is 0 Å². The van der Waals surface area contributed by atoms with Gasteiger partial charge in [-0.3, -0.25) is 10.2 Å². The number of ether oxygens (including phenoxy) is 1. The van der Waals surface area contributed by atoms with Gasteiger partial charge in [0.25, 0.3) is 0 Å². The van der Waals surface area contributed by atoms with E-state index < -0.39 is 0 Å². The smallest absolute Gasteiger partial charge is 0.411 e. The standard InChI is InChI=1S/C28H33N3O2/c32-28(29-26-14-5-10-22-8-1-3-12-24(22)26)33-21-7-16-30-17-19-31(20-18-30)27-15-6-11-23-9-2-4-13-25(23)27/h2,4-6,9-11,13-15H,1,3,7-8,12,16-21H2,(H,29,32). The van der Waals surface area contributed by atoms with Crippen LogP contribution in [0.2, 0.25) is 0 Å². The summed E-state index contributed by atoms with van der Waals surface area (Å²) in [4.78, 5) is 17.3. The van der Waals surface area contributed by atoms with Crippen molar-refractivity contribution in [2.24, 2.45) is 0 Å². The number of rotatable bonds is 6. The third-order valence-corrected chi connectivity index (χ3v) is 6.96. The molecule has 1 N–H and O–H groups in total. The van der Waals surface area contributed by atoms with Gasteiger partial charge in [-0.25, -0.2) is 4.79 Å². The van der Waals surface area contributed by atoms with Gasteiger partial charge in [0, 0.05) is 49.5 Å². The minimum atomic E-state index is -0.338. The molecule has 1 heterocycles. The predicted octanol–water partition coefficient (Wildman–Crippen LogP) is 5.48. The number of fused-ring (bicyclic) bond motifs is 2. The lowest BCUT2D eigenvalue weighted by molar-refractivity contribution is 0.151. The van der Waals surface area contributed by atoms with Gasteiger partial charge in [0.15, 0.2) is 0 Å². The minimum Gasteiger partial charge on any atom is -0.449 e. The molecule has 0 saturated carbocycles. The van der Waals surface area contributed by atoms with Crippen LogP contribution in [-0.4, -0.2) is 50.3 Å². The topological polar surface area (TPSA) is 44.8 Å². The van der Waals surface area contributed by atoms with E-state index in [2.05, 4.69) is 63.6 Å². The first-order chi connectivity index (χ1) is 16.3. The highest BCUT2D eigenvalue weighted by atomic mass is 16.5. The van der Waals surface area contributed by atoms with Crippen LogP contribution in [0.25, 0.3) is 10.8 Å². The van der Waals surface area contributed by atoms with E-state index >= 15 is 0 Å². The highest BCUT2D eigenvalue weighted by Crippen LogP contribution is 2.28. The fourth-order valence-electron chi connectivity index (χ4n) is 5.19. The summed E-state index contributed by atoms with van der Waals surface area (Å²) < 4.78 is 5.48. The van der Waals surface area contributed by atoms with Gasteiger partial charge in [-0.1, -0.05) is 48.5 Å². The molecule has 5 nitrogen and oxygen atoms in total. The molecule has 3 aromatic carbocycles. The van der Waals surface area contributed by atoms with Crippen molar-refractivity contribution in [2.45, 2.75) is 32.1 Å². The quantitative estimate of drug-likeness (QED) is 0.513. The molecule has 5 heteroatoms. The molecule has 3 aromatic rings. The normalized spacial score (nSPS) is 16.4. The van der Waals surface area contributed by atoms with Crippen LogP contribution in [0.15, 0.2) is 60.7 Å². The van der Waals surface area contributed by atoms with Crippen molar-refractivity contribution in [1.29, 1.82) is 0 Å². The molecule has 1 fully saturated rings. The van der Waals surface area contributed by atoms with Crippen LogP contribution in [0.5, 0.6) is 0 Å². The Balaban J connectivity index is 1.05. The number of aryl methyl sites for hydroxylation is 1. The molecule has 172 valence electrons. The lowest BCUT2D eigenvalue weighted by Gasteiger charge is -2.36. The van der Waals surface area contributed by atoms with Gasteiger partial charge in [-0.05, 0) is 60.7 Å². The maximum absolute atomic E-state index is 12.3. The number of benzene rings is 3. The molecule has 0 spiro atoms. The van der Waals surface area contributed by atoms with Gasteiger partial charge in [0.1, 0.15) is 0 Å². The maximum atomic E-state index is 12.3. The second-order valence-corrected chi connectivity index (χ2v) is 9.09. The monoisotopic (exact) mass is 443 g/mol. The Morgan fingerprint density at radius 3 is 2.58 bits per heavy atom. The summed E-state index contributed by atoms with van der Waals surface area (Å²) in [5.74, 6) is 0. The fourth-order valence-corrected chi connectivity index (χ4v) is 5.19. The molecule has 0 bridgehead atoms. The summed E-state index contributed by atoms with van der Waals surface area (Å²) in [5.41, 5.74) is 4.89. The van der Waals surface area contributed by atoms with Crippen LogP contribution >= 0.6 is 0 Å². The Kier molecular flexibility index (Phi) is 6.77. The second-order valence-electron chi connectivity index (χ2n) is 9.09. The molecule has 1 saturated heterocycles. The summed E-state index contributed by atoms with van der Waals surface area (Å²) in [6, 6.07) is 21.3. The Labute approximate surface area is 196 Å². The van der Waals surface area contributed by atoms with E-state index in [1.54, 1.807) is 0 Å². The lowest BCUT2D eigenvalue weighted by atomic mass is 9.90. The summed E-state index contributed by atoms with van der Waals surface area (Å²) in [5, 5.41) is 5.59. The molecule has 1 amide bonds. The number of anilines is 2.